The molecule has 0 fully saturated rings. The van der Waals surface area contributed by atoms with Gasteiger partial charge in [0.15, 0.2) is 0 Å². The van der Waals surface area contributed by atoms with E-state index in [9.17, 15) is 4.79 Å². The maximum atomic E-state index is 10.3. The van der Waals surface area contributed by atoms with Gasteiger partial charge in [-0.15, -0.1) is 0 Å². The van der Waals surface area contributed by atoms with Crippen molar-refractivity contribution in [3.05, 3.63) is 35.4 Å². The largest absolute Gasteiger partial charge is 0.478 e. The summed E-state index contributed by atoms with van der Waals surface area (Å²) >= 11 is 0. The van der Waals surface area contributed by atoms with Crippen LogP contribution in [0, 0.1) is 6.92 Å². The van der Waals surface area contributed by atoms with Crippen LogP contribution in [0.15, 0.2) is 24.3 Å². The van der Waals surface area contributed by atoms with Crippen molar-refractivity contribution in [2.24, 2.45) is 0 Å². The third-order valence-electron chi connectivity index (χ3n) is 1.72. The summed E-state index contributed by atoms with van der Waals surface area (Å²) in [6.07, 6.45) is -0.954. The number of carbonyl (C=O) groups is 1. The lowest BCUT2D eigenvalue weighted by molar-refractivity contribution is 0.0450. The predicted molar refractivity (Wildman–Crippen MR) is 58.3 cm³/mol. The lowest BCUT2D eigenvalue weighted by Gasteiger charge is -1.96. The van der Waals surface area contributed by atoms with Gasteiger partial charge in [-0.3, -0.25) is 0 Å². The quantitative estimate of drug-likeness (QED) is 0.585. The molecule has 1 aromatic carbocycles. The molecule has 16 heavy (non-hydrogen) atoms. The Morgan fingerprint density at radius 1 is 1.19 bits per heavy atom. The van der Waals surface area contributed by atoms with Gasteiger partial charge in [-0.1, -0.05) is 17.7 Å². The van der Waals surface area contributed by atoms with Gasteiger partial charge in [0.2, 0.25) is 0 Å². The zero-order valence-corrected chi connectivity index (χ0v) is 9.00. The maximum Gasteiger partial charge on any atom is 0.335 e. The summed E-state index contributed by atoms with van der Waals surface area (Å²) in [6, 6.07) is 6.75. The van der Waals surface area contributed by atoms with E-state index in [4.69, 9.17) is 20.4 Å². The minimum Gasteiger partial charge on any atom is -0.478 e. The number of hydrogen-bond acceptors (Lipinski definition) is 4. The first-order valence-corrected chi connectivity index (χ1v) is 4.71. The summed E-state index contributed by atoms with van der Waals surface area (Å²) in [7, 11) is 0. The maximum absolute atomic E-state index is 10.3. The monoisotopic (exact) mass is 228 g/mol. The van der Waals surface area contributed by atoms with E-state index in [0.717, 1.165) is 5.56 Å². The molecular weight excluding hydrogens is 212 g/mol. The summed E-state index contributed by atoms with van der Waals surface area (Å²) in [6.45, 7) is 1.19. The number of carboxylic acid groups (broad SMARTS) is 1. The lowest BCUT2D eigenvalue weighted by Crippen LogP contribution is -2.15. The molecule has 0 radical (unpaired) electrons. The van der Waals surface area contributed by atoms with Crippen LogP contribution in [0.3, 0.4) is 0 Å². The van der Waals surface area contributed by atoms with E-state index in [-0.39, 0.29) is 13.2 Å². The van der Waals surface area contributed by atoms with Crippen LogP contribution in [-0.4, -0.2) is 45.7 Å². The zero-order chi connectivity index (χ0) is 12.6. The van der Waals surface area contributed by atoms with Crippen LogP contribution in [0.1, 0.15) is 15.9 Å². The first kappa shape index (κ1) is 14.6. The highest BCUT2D eigenvalue weighted by Gasteiger charge is 1.98. The predicted octanol–water partition coefficient (Wildman–Crippen LogP) is 0.0251. The van der Waals surface area contributed by atoms with Gasteiger partial charge < -0.3 is 20.4 Å². The van der Waals surface area contributed by atoms with Gasteiger partial charge in [0.1, 0.15) is 6.10 Å². The average Bonchev–Trinajstić information content (AvgIpc) is 2.29. The van der Waals surface area contributed by atoms with Crippen molar-refractivity contribution in [3.63, 3.8) is 0 Å². The lowest BCUT2D eigenvalue weighted by atomic mass is 10.2. The van der Waals surface area contributed by atoms with Crippen LogP contribution in [0.4, 0.5) is 0 Å². The third kappa shape index (κ3) is 6.13. The van der Waals surface area contributed by atoms with E-state index in [1.807, 2.05) is 6.92 Å². The highest BCUT2D eigenvalue weighted by atomic mass is 16.4. The molecule has 0 unspecified atom stereocenters. The molecule has 0 amide bonds. The van der Waals surface area contributed by atoms with Crippen molar-refractivity contribution >= 4 is 5.97 Å². The Labute approximate surface area is 93.6 Å². The minimum absolute atomic E-state index is 0.339. The van der Waals surface area contributed by atoms with Crippen LogP contribution in [0.5, 0.6) is 0 Å². The molecule has 0 saturated heterocycles. The second-order valence-corrected chi connectivity index (χ2v) is 3.19. The van der Waals surface area contributed by atoms with Crippen molar-refractivity contribution < 1.29 is 25.2 Å². The van der Waals surface area contributed by atoms with Crippen LogP contribution in [-0.2, 0) is 0 Å². The summed E-state index contributed by atoms with van der Waals surface area (Å²) in [5.74, 6) is -0.875. The Kier molecular flexibility index (Phi) is 7.11. The van der Waals surface area contributed by atoms with Crippen LogP contribution in [0.2, 0.25) is 0 Å². The van der Waals surface area contributed by atoms with Gasteiger partial charge in [0, 0.05) is 0 Å². The molecule has 0 bridgehead atoms. The highest BCUT2D eigenvalue weighted by Crippen LogP contribution is 2.01. The molecule has 0 aliphatic rings. The number of aryl methyl sites for hydroxylation is 1. The smallest absolute Gasteiger partial charge is 0.335 e. The molecule has 0 aromatic heterocycles. The molecule has 0 atom stereocenters. The number of aliphatic hydroxyl groups is 3. The Morgan fingerprint density at radius 3 is 1.88 bits per heavy atom. The molecule has 0 heterocycles. The van der Waals surface area contributed by atoms with Gasteiger partial charge in [-0.25, -0.2) is 4.79 Å². The van der Waals surface area contributed by atoms with E-state index < -0.39 is 12.1 Å². The Bertz CT molecular complexity index is 303. The summed E-state index contributed by atoms with van der Waals surface area (Å²) in [5, 5.41) is 32.5. The fourth-order valence-electron chi connectivity index (χ4n) is 0.754. The second kappa shape index (κ2) is 7.81. The summed E-state index contributed by atoms with van der Waals surface area (Å²) in [4.78, 5) is 10.3. The number of benzene rings is 1. The van der Waals surface area contributed by atoms with E-state index >= 15 is 0 Å². The van der Waals surface area contributed by atoms with Crippen molar-refractivity contribution in [2.45, 2.75) is 13.0 Å². The van der Waals surface area contributed by atoms with Crippen molar-refractivity contribution in [1.29, 1.82) is 0 Å². The number of aromatic carboxylic acids is 1. The zero-order valence-electron chi connectivity index (χ0n) is 9.00. The van der Waals surface area contributed by atoms with E-state index in [1.165, 1.54) is 0 Å². The first-order valence-electron chi connectivity index (χ1n) is 4.71. The molecule has 0 aliphatic heterocycles. The highest BCUT2D eigenvalue weighted by molar-refractivity contribution is 5.87. The average molecular weight is 228 g/mol. The molecule has 5 heteroatoms. The van der Waals surface area contributed by atoms with Crippen LogP contribution >= 0.6 is 0 Å². The van der Waals surface area contributed by atoms with E-state index in [1.54, 1.807) is 24.3 Å². The normalized spacial score (nSPS) is 9.56. The summed E-state index contributed by atoms with van der Waals surface area (Å²) < 4.78 is 0. The van der Waals surface area contributed by atoms with Crippen molar-refractivity contribution in [2.75, 3.05) is 13.2 Å². The number of hydrogen-bond donors (Lipinski definition) is 4. The minimum atomic E-state index is -0.954. The fraction of sp³-hybridized carbons (Fsp3) is 0.364. The third-order valence-corrected chi connectivity index (χ3v) is 1.72. The molecule has 1 rings (SSSR count). The first-order chi connectivity index (χ1) is 7.51. The van der Waals surface area contributed by atoms with Gasteiger partial charge in [-0.05, 0) is 19.1 Å². The molecular formula is C11H16O5. The molecule has 4 N–H and O–H groups in total. The Hall–Kier alpha value is -1.43. The van der Waals surface area contributed by atoms with Gasteiger partial charge in [0.25, 0.3) is 0 Å². The number of aliphatic hydroxyl groups excluding tert-OH is 3. The van der Waals surface area contributed by atoms with Gasteiger partial charge in [-0.2, -0.15) is 0 Å². The molecule has 90 valence electrons. The molecule has 5 nitrogen and oxygen atoms in total. The van der Waals surface area contributed by atoms with Crippen molar-refractivity contribution in [1.82, 2.24) is 0 Å². The fourth-order valence-corrected chi connectivity index (χ4v) is 0.754. The Morgan fingerprint density at radius 2 is 1.62 bits per heavy atom. The molecule has 0 aliphatic carbocycles. The Balaban J connectivity index is 0.000000325. The van der Waals surface area contributed by atoms with E-state index in [0.29, 0.717) is 5.56 Å². The molecule has 1 aromatic rings. The van der Waals surface area contributed by atoms with Crippen LogP contribution < -0.4 is 0 Å². The number of rotatable bonds is 3. The second-order valence-electron chi connectivity index (χ2n) is 3.19. The topological polar surface area (TPSA) is 98.0 Å². The summed E-state index contributed by atoms with van der Waals surface area (Å²) in [5.41, 5.74) is 1.41. The van der Waals surface area contributed by atoms with E-state index in [2.05, 4.69) is 0 Å². The van der Waals surface area contributed by atoms with Crippen LogP contribution in [0.25, 0.3) is 0 Å². The van der Waals surface area contributed by atoms with Gasteiger partial charge in [0.05, 0.1) is 18.8 Å². The van der Waals surface area contributed by atoms with Gasteiger partial charge >= 0.3 is 5.97 Å². The van der Waals surface area contributed by atoms with Crippen molar-refractivity contribution in [3.8, 4) is 0 Å². The molecule has 0 spiro atoms. The number of carboxylic acids is 1. The standard InChI is InChI=1S/C8H8O2.C3H8O3/c1-6-2-4-7(5-3-6)8(9)10;4-1-3(6)2-5/h2-5H,1H3,(H,9,10);3-6H,1-2H2. The SMILES string of the molecule is Cc1ccc(C(=O)O)cc1.OCC(O)CO. The molecule has 0 saturated carbocycles.